The summed E-state index contributed by atoms with van der Waals surface area (Å²) in [6, 6.07) is 4.20. The molecular formula is C11H23NSi. The van der Waals surface area contributed by atoms with Crippen molar-refractivity contribution < 1.29 is 0 Å². The fourth-order valence-corrected chi connectivity index (χ4v) is 5.67. The fraction of sp³-hybridized carbons (Fsp3) is 0.818. The van der Waals surface area contributed by atoms with Crippen LogP contribution in [0, 0.1) is 0 Å². The van der Waals surface area contributed by atoms with Crippen molar-refractivity contribution in [2.24, 2.45) is 0 Å². The highest BCUT2D eigenvalue weighted by Gasteiger charge is 2.31. The van der Waals surface area contributed by atoms with E-state index in [1.54, 1.807) is 0 Å². The lowest BCUT2D eigenvalue weighted by molar-refractivity contribution is 0.588. The third-order valence-electron chi connectivity index (χ3n) is 3.71. The van der Waals surface area contributed by atoms with Gasteiger partial charge in [0.25, 0.3) is 0 Å². The van der Waals surface area contributed by atoms with E-state index in [0.717, 1.165) is 0 Å². The van der Waals surface area contributed by atoms with E-state index in [9.17, 15) is 0 Å². The van der Waals surface area contributed by atoms with Crippen molar-refractivity contribution in [3.8, 4) is 0 Å². The average Bonchev–Trinajstić information content (AvgIpc) is 2.90. The Labute approximate surface area is 83.8 Å². The van der Waals surface area contributed by atoms with Crippen molar-refractivity contribution in [2.75, 3.05) is 19.6 Å². The Balaban J connectivity index is 2.47. The molecule has 0 unspecified atom stereocenters. The highest BCUT2D eigenvalue weighted by Crippen LogP contribution is 2.28. The van der Waals surface area contributed by atoms with Gasteiger partial charge in [0.2, 0.25) is 0 Å². The molecule has 1 aliphatic rings. The van der Waals surface area contributed by atoms with Gasteiger partial charge < -0.3 is 4.90 Å². The summed E-state index contributed by atoms with van der Waals surface area (Å²) in [5.41, 5.74) is 0. The van der Waals surface area contributed by atoms with Crippen molar-refractivity contribution >= 4 is 8.07 Å². The maximum atomic E-state index is 4.21. The maximum Gasteiger partial charge on any atom is 0.0811 e. The SMILES string of the molecule is C=C(C)[Si](CC)(CC)CCN1CC1. The molecule has 0 aromatic rings. The van der Waals surface area contributed by atoms with E-state index in [1.807, 2.05) is 0 Å². The molecule has 0 radical (unpaired) electrons. The molecule has 0 amide bonds. The monoisotopic (exact) mass is 197 g/mol. The molecule has 1 heterocycles. The Hall–Kier alpha value is -0.0831. The van der Waals surface area contributed by atoms with Crippen LogP contribution in [0.3, 0.4) is 0 Å². The Morgan fingerprint density at radius 3 is 2.15 bits per heavy atom. The van der Waals surface area contributed by atoms with Crippen LogP contribution in [0.2, 0.25) is 18.1 Å². The van der Waals surface area contributed by atoms with Crippen LogP contribution < -0.4 is 0 Å². The van der Waals surface area contributed by atoms with Gasteiger partial charge >= 0.3 is 0 Å². The summed E-state index contributed by atoms with van der Waals surface area (Å²) in [7, 11) is -1.08. The zero-order valence-electron chi connectivity index (χ0n) is 9.40. The predicted octanol–water partition coefficient (Wildman–Crippen LogP) is 2.91. The molecule has 0 saturated carbocycles. The molecule has 0 aliphatic carbocycles. The first-order valence-corrected chi connectivity index (χ1v) is 8.15. The van der Waals surface area contributed by atoms with Crippen LogP contribution in [0.1, 0.15) is 20.8 Å². The zero-order chi connectivity index (χ0) is 9.90. The molecule has 1 rings (SSSR count). The molecule has 76 valence electrons. The molecule has 1 saturated heterocycles. The summed E-state index contributed by atoms with van der Waals surface area (Å²) < 4.78 is 0. The van der Waals surface area contributed by atoms with Crippen LogP contribution in [0.15, 0.2) is 11.8 Å². The molecule has 0 aromatic carbocycles. The number of rotatable bonds is 6. The Morgan fingerprint density at radius 2 is 1.85 bits per heavy atom. The third-order valence-corrected chi connectivity index (χ3v) is 9.40. The van der Waals surface area contributed by atoms with E-state index in [2.05, 4.69) is 32.3 Å². The minimum absolute atomic E-state index is 1.08. The van der Waals surface area contributed by atoms with Crippen molar-refractivity contribution in [2.45, 2.75) is 38.9 Å². The van der Waals surface area contributed by atoms with Crippen LogP contribution in [0.25, 0.3) is 0 Å². The Bertz CT molecular complexity index is 181. The molecule has 1 aliphatic heterocycles. The summed E-state index contributed by atoms with van der Waals surface area (Å²) in [5, 5.41) is 1.51. The van der Waals surface area contributed by atoms with E-state index >= 15 is 0 Å². The van der Waals surface area contributed by atoms with Crippen LogP contribution in [-0.2, 0) is 0 Å². The van der Waals surface area contributed by atoms with Gasteiger partial charge in [-0.3, -0.25) is 0 Å². The second kappa shape index (κ2) is 4.42. The predicted molar refractivity (Wildman–Crippen MR) is 62.8 cm³/mol. The normalized spacial score (nSPS) is 17.5. The standard InChI is InChI=1S/C11H23NSi/c1-5-13(6-2,11(3)4)10-9-12-7-8-12/h3,5-10H2,1-2,4H3. The summed E-state index contributed by atoms with van der Waals surface area (Å²) in [5.74, 6) is 0. The molecule has 1 nitrogen and oxygen atoms in total. The second-order valence-electron chi connectivity index (χ2n) is 4.36. The largest absolute Gasteiger partial charge is 0.301 e. The van der Waals surface area contributed by atoms with E-state index in [1.165, 1.54) is 43.0 Å². The number of hydrogen-bond acceptors (Lipinski definition) is 1. The highest BCUT2D eigenvalue weighted by molar-refractivity contribution is 6.86. The quantitative estimate of drug-likeness (QED) is 0.467. The molecule has 13 heavy (non-hydrogen) atoms. The molecule has 2 heteroatoms. The zero-order valence-corrected chi connectivity index (χ0v) is 10.4. The van der Waals surface area contributed by atoms with Crippen molar-refractivity contribution in [1.82, 2.24) is 4.90 Å². The van der Waals surface area contributed by atoms with Crippen molar-refractivity contribution in [3.63, 3.8) is 0 Å². The lowest BCUT2D eigenvalue weighted by atomic mass is 10.7. The van der Waals surface area contributed by atoms with Crippen molar-refractivity contribution in [1.29, 1.82) is 0 Å². The number of hydrogen-bond donors (Lipinski definition) is 0. The van der Waals surface area contributed by atoms with Crippen molar-refractivity contribution in [3.05, 3.63) is 11.8 Å². The second-order valence-corrected chi connectivity index (χ2v) is 9.69. The van der Waals surface area contributed by atoms with Gasteiger partial charge in [0.15, 0.2) is 0 Å². The van der Waals surface area contributed by atoms with Crippen LogP contribution in [0.5, 0.6) is 0 Å². The molecule has 0 aromatic heterocycles. The van der Waals surface area contributed by atoms with Crippen LogP contribution in [0.4, 0.5) is 0 Å². The molecular weight excluding hydrogens is 174 g/mol. The lowest BCUT2D eigenvalue weighted by Crippen LogP contribution is -2.36. The van der Waals surface area contributed by atoms with Gasteiger partial charge in [0.1, 0.15) is 0 Å². The van der Waals surface area contributed by atoms with E-state index < -0.39 is 8.07 Å². The van der Waals surface area contributed by atoms with E-state index in [0.29, 0.717) is 0 Å². The van der Waals surface area contributed by atoms with Gasteiger partial charge in [-0.15, -0.1) is 6.58 Å². The number of nitrogens with zero attached hydrogens (tertiary/aromatic N) is 1. The smallest absolute Gasteiger partial charge is 0.0811 e. The third kappa shape index (κ3) is 2.68. The van der Waals surface area contributed by atoms with Gasteiger partial charge in [-0.05, 0) is 19.5 Å². The minimum Gasteiger partial charge on any atom is -0.301 e. The Morgan fingerprint density at radius 1 is 1.31 bits per heavy atom. The first-order valence-electron chi connectivity index (χ1n) is 5.53. The first-order chi connectivity index (χ1) is 6.14. The summed E-state index contributed by atoms with van der Waals surface area (Å²) in [6.07, 6.45) is 0. The molecule has 0 atom stereocenters. The lowest BCUT2D eigenvalue weighted by Gasteiger charge is -2.30. The minimum atomic E-state index is -1.08. The summed E-state index contributed by atoms with van der Waals surface area (Å²) in [4.78, 5) is 2.54. The average molecular weight is 197 g/mol. The summed E-state index contributed by atoms with van der Waals surface area (Å²) in [6.45, 7) is 15.2. The Kier molecular flexibility index (Phi) is 3.74. The van der Waals surface area contributed by atoms with Gasteiger partial charge in [0.05, 0.1) is 8.07 Å². The topological polar surface area (TPSA) is 3.01 Å². The molecule has 1 fully saturated rings. The van der Waals surface area contributed by atoms with Gasteiger partial charge in [0, 0.05) is 13.1 Å². The van der Waals surface area contributed by atoms with Crippen LogP contribution >= 0.6 is 0 Å². The van der Waals surface area contributed by atoms with Crippen LogP contribution in [-0.4, -0.2) is 32.6 Å². The van der Waals surface area contributed by atoms with Gasteiger partial charge in [-0.2, -0.15) is 0 Å². The van der Waals surface area contributed by atoms with Gasteiger partial charge in [-0.25, -0.2) is 0 Å². The van der Waals surface area contributed by atoms with E-state index in [4.69, 9.17) is 0 Å². The summed E-state index contributed by atoms with van der Waals surface area (Å²) >= 11 is 0. The fourth-order valence-electron chi connectivity index (χ4n) is 2.09. The molecule has 0 bridgehead atoms. The first kappa shape index (κ1) is 11.0. The van der Waals surface area contributed by atoms with E-state index in [-0.39, 0.29) is 0 Å². The highest BCUT2D eigenvalue weighted by atomic mass is 28.3. The molecule has 0 N–H and O–H groups in total. The van der Waals surface area contributed by atoms with Gasteiger partial charge in [-0.1, -0.05) is 31.1 Å². The number of allylic oxidation sites excluding steroid dienone is 1. The molecule has 0 spiro atoms. The maximum absolute atomic E-state index is 4.21.